The lowest BCUT2D eigenvalue weighted by atomic mass is 9.73. The predicted octanol–water partition coefficient (Wildman–Crippen LogP) is 13.3. The van der Waals surface area contributed by atoms with Gasteiger partial charge in [-0.15, -0.1) is 0 Å². The number of hydrogen-bond acceptors (Lipinski definition) is 1. The molecule has 0 spiro atoms. The van der Waals surface area contributed by atoms with Crippen LogP contribution in [0.2, 0.25) is 0 Å². The summed E-state index contributed by atoms with van der Waals surface area (Å²) < 4.78 is 0. The topological polar surface area (TPSA) is 3.24 Å². The van der Waals surface area contributed by atoms with Crippen molar-refractivity contribution in [3.8, 4) is 22.3 Å². The molecule has 0 heterocycles. The van der Waals surface area contributed by atoms with Crippen LogP contribution in [-0.2, 0) is 5.41 Å². The molecule has 0 aromatic heterocycles. The van der Waals surface area contributed by atoms with Gasteiger partial charge < -0.3 is 4.90 Å². The van der Waals surface area contributed by atoms with E-state index in [4.69, 9.17) is 0 Å². The molecular formula is C49H39N. The van der Waals surface area contributed by atoms with Crippen molar-refractivity contribution < 1.29 is 0 Å². The fourth-order valence-electron chi connectivity index (χ4n) is 8.33. The molecule has 2 unspecified atom stereocenters. The van der Waals surface area contributed by atoms with Gasteiger partial charge in [0.25, 0.3) is 0 Å². The highest BCUT2D eigenvalue weighted by atomic mass is 15.1. The van der Waals surface area contributed by atoms with Crippen molar-refractivity contribution in [2.24, 2.45) is 5.92 Å². The fraction of sp³-hybridized carbons (Fsp3) is 0.102. The molecule has 2 aliphatic carbocycles. The van der Waals surface area contributed by atoms with E-state index in [1.54, 1.807) is 0 Å². The highest BCUT2D eigenvalue weighted by molar-refractivity contribution is 5.97. The summed E-state index contributed by atoms with van der Waals surface area (Å²) in [6.07, 6.45) is 7.28. The zero-order valence-electron chi connectivity index (χ0n) is 28.5. The van der Waals surface area contributed by atoms with Crippen LogP contribution in [0.3, 0.4) is 0 Å². The van der Waals surface area contributed by atoms with Gasteiger partial charge in [-0.3, -0.25) is 0 Å². The SMILES string of the molecule is CC1(C)c2ccccc2C2C=CC(c3ccc(N(c4ccc(-c5ccccc5)cc4)c4ccc(-c5cccc6ccccc56)cc4)cc3)=CC21. The van der Waals surface area contributed by atoms with Crippen molar-refractivity contribution in [1.29, 1.82) is 0 Å². The van der Waals surface area contributed by atoms with Crippen LogP contribution in [0.25, 0.3) is 38.6 Å². The minimum absolute atomic E-state index is 0.0954. The average Bonchev–Trinajstić information content (AvgIpc) is 3.41. The van der Waals surface area contributed by atoms with Crippen LogP contribution in [0.4, 0.5) is 17.1 Å². The lowest BCUT2D eigenvalue weighted by Crippen LogP contribution is -2.25. The minimum Gasteiger partial charge on any atom is -0.311 e. The lowest BCUT2D eigenvalue weighted by molar-refractivity contribution is 0.395. The van der Waals surface area contributed by atoms with Crippen molar-refractivity contribution in [3.05, 3.63) is 205 Å². The molecule has 50 heavy (non-hydrogen) atoms. The molecular weight excluding hydrogens is 603 g/mol. The first-order valence-electron chi connectivity index (χ1n) is 17.7. The zero-order valence-corrected chi connectivity index (χ0v) is 28.5. The third-order valence-electron chi connectivity index (χ3n) is 11.0. The molecule has 0 saturated heterocycles. The summed E-state index contributed by atoms with van der Waals surface area (Å²) in [6.45, 7) is 4.80. The normalized spacial score (nSPS) is 17.2. The Morgan fingerprint density at radius 2 is 1.04 bits per heavy atom. The highest BCUT2D eigenvalue weighted by Gasteiger charge is 2.44. The van der Waals surface area contributed by atoms with Crippen LogP contribution in [0, 0.1) is 5.92 Å². The van der Waals surface area contributed by atoms with Crippen molar-refractivity contribution in [3.63, 3.8) is 0 Å². The maximum atomic E-state index is 2.52. The van der Waals surface area contributed by atoms with Gasteiger partial charge in [-0.05, 0) is 103 Å². The Balaban J connectivity index is 1.07. The molecule has 1 heteroatoms. The summed E-state index contributed by atoms with van der Waals surface area (Å²) >= 11 is 0. The second-order valence-electron chi connectivity index (χ2n) is 14.2. The van der Waals surface area contributed by atoms with Crippen LogP contribution in [0.5, 0.6) is 0 Å². The second-order valence-corrected chi connectivity index (χ2v) is 14.2. The molecule has 0 fully saturated rings. The predicted molar refractivity (Wildman–Crippen MR) is 212 cm³/mol. The Labute approximate surface area is 295 Å². The van der Waals surface area contributed by atoms with Crippen molar-refractivity contribution >= 4 is 33.4 Å². The summed E-state index contributed by atoms with van der Waals surface area (Å²) in [5.74, 6) is 0.884. The summed E-state index contributed by atoms with van der Waals surface area (Å²) in [4.78, 5) is 2.36. The molecule has 2 atom stereocenters. The van der Waals surface area contributed by atoms with Crippen molar-refractivity contribution in [2.45, 2.75) is 25.2 Å². The van der Waals surface area contributed by atoms with E-state index in [1.165, 1.54) is 55.3 Å². The maximum Gasteiger partial charge on any atom is 0.0462 e. The Bertz CT molecular complexity index is 2370. The standard InChI is InChI=1S/C49H39N/c1-49(2)47-18-9-8-16-45(47)46-32-25-39(33-48(46)49)36-21-28-41(29-22-36)50(40-26-19-35(20-27-40)34-11-4-3-5-12-34)42-30-23-38(24-31-42)44-17-10-14-37-13-6-7-15-43(37)44/h3-33,46,48H,1-2H3. The number of nitrogens with zero attached hydrogens (tertiary/aromatic N) is 1. The van der Waals surface area contributed by atoms with E-state index in [1.807, 2.05) is 0 Å². The average molecular weight is 642 g/mol. The van der Waals surface area contributed by atoms with Crippen LogP contribution in [0.15, 0.2) is 188 Å². The number of anilines is 3. The fourth-order valence-corrected chi connectivity index (χ4v) is 8.33. The lowest BCUT2D eigenvalue weighted by Gasteiger charge is -2.31. The third kappa shape index (κ3) is 5.18. The van der Waals surface area contributed by atoms with Gasteiger partial charge in [0.1, 0.15) is 0 Å². The van der Waals surface area contributed by atoms with Gasteiger partial charge in [0, 0.05) is 23.0 Å². The van der Waals surface area contributed by atoms with Crippen molar-refractivity contribution in [2.75, 3.05) is 4.90 Å². The number of hydrogen-bond donors (Lipinski definition) is 0. The van der Waals surface area contributed by atoms with E-state index < -0.39 is 0 Å². The molecule has 0 radical (unpaired) electrons. The Hall–Kier alpha value is -5.92. The zero-order chi connectivity index (χ0) is 33.7. The largest absolute Gasteiger partial charge is 0.311 e. The van der Waals surface area contributed by atoms with Gasteiger partial charge in [-0.2, -0.15) is 0 Å². The van der Waals surface area contributed by atoms with Crippen LogP contribution in [-0.4, -0.2) is 0 Å². The maximum absolute atomic E-state index is 2.52. The molecule has 7 aromatic carbocycles. The first-order valence-corrected chi connectivity index (χ1v) is 17.7. The Kier molecular flexibility index (Phi) is 7.36. The van der Waals surface area contributed by atoms with Gasteiger partial charge >= 0.3 is 0 Å². The number of fused-ring (bicyclic) bond motifs is 4. The molecule has 2 aliphatic rings. The number of benzene rings is 7. The molecule has 9 rings (SSSR count). The van der Waals surface area contributed by atoms with Crippen LogP contribution in [0.1, 0.15) is 36.5 Å². The third-order valence-corrected chi connectivity index (χ3v) is 11.0. The summed E-state index contributed by atoms with van der Waals surface area (Å²) in [5, 5.41) is 2.53. The second kappa shape index (κ2) is 12.2. The van der Waals surface area contributed by atoms with Gasteiger partial charge in [0.15, 0.2) is 0 Å². The summed E-state index contributed by atoms with van der Waals surface area (Å²) in [5.41, 5.74) is 13.9. The van der Waals surface area contributed by atoms with Gasteiger partial charge in [0.2, 0.25) is 0 Å². The van der Waals surface area contributed by atoms with E-state index in [2.05, 4.69) is 207 Å². The molecule has 0 amide bonds. The van der Waals surface area contributed by atoms with E-state index in [9.17, 15) is 0 Å². The Morgan fingerprint density at radius 3 is 1.76 bits per heavy atom. The number of allylic oxidation sites excluding steroid dienone is 4. The summed E-state index contributed by atoms with van der Waals surface area (Å²) in [6, 6.07) is 61.8. The van der Waals surface area contributed by atoms with E-state index in [0.717, 1.165) is 17.1 Å². The van der Waals surface area contributed by atoms with E-state index in [0.29, 0.717) is 11.8 Å². The monoisotopic (exact) mass is 641 g/mol. The molecule has 0 saturated carbocycles. The molecule has 0 N–H and O–H groups in total. The van der Waals surface area contributed by atoms with Crippen molar-refractivity contribution in [1.82, 2.24) is 0 Å². The van der Waals surface area contributed by atoms with Crippen LogP contribution >= 0.6 is 0 Å². The first-order chi connectivity index (χ1) is 24.5. The van der Waals surface area contributed by atoms with Crippen LogP contribution < -0.4 is 4.90 Å². The van der Waals surface area contributed by atoms with Gasteiger partial charge in [0.05, 0.1) is 0 Å². The van der Waals surface area contributed by atoms with Gasteiger partial charge in [-0.1, -0.05) is 166 Å². The van der Waals surface area contributed by atoms with E-state index in [-0.39, 0.29) is 5.41 Å². The number of rotatable bonds is 6. The molecule has 0 aliphatic heterocycles. The molecule has 1 nitrogen and oxygen atoms in total. The molecule has 7 aromatic rings. The smallest absolute Gasteiger partial charge is 0.0462 e. The first kappa shape index (κ1) is 30.2. The van der Waals surface area contributed by atoms with Gasteiger partial charge in [-0.25, -0.2) is 0 Å². The highest BCUT2D eigenvalue weighted by Crippen LogP contribution is 2.54. The van der Waals surface area contributed by atoms with E-state index >= 15 is 0 Å². The minimum atomic E-state index is 0.0954. The molecule has 0 bridgehead atoms. The Morgan fingerprint density at radius 1 is 0.480 bits per heavy atom. The molecule has 240 valence electrons. The summed E-state index contributed by atoms with van der Waals surface area (Å²) in [7, 11) is 0. The quantitative estimate of drug-likeness (QED) is 0.175.